The topological polar surface area (TPSA) is 97.3 Å². The molecule has 0 spiro atoms. The summed E-state index contributed by atoms with van der Waals surface area (Å²) in [7, 11) is 3.29. The normalized spacial score (nSPS) is 14.2. The number of ether oxygens (including phenoxy) is 3. The molecule has 1 amide bonds. The van der Waals surface area contributed by atoms with E-state index in [1.807, 2.05) is 24.3 Å². The van der Waals surface area contributed by atoms with Gasteiger partial charge in [-0.2, -0.15) is 0 Å². The lowest BCUT2D eigenvalue weighted by Gasteiger charge is -2.32. The van der Waals surface area contributed by atoms with Gasteiger partial charge in [-0.25, -0.2) is 4.98 Å². The molecule has 1 aromatic carbocycles. The van der Waals surface area contributed by atoms with Gasteiger partial charge in [0.15, 0.2) is 10.9 Å². The fourth-order valence-corrected chi connectivity index (χ4v) is 3.84. The first-order valence-corrected chi connectivity index (χ1v) is 11.9. The number of halogens is 1. The Morgan fingerprint density at radius 3 is 2.94 bits per heavy atom. The van der Waals surface area contributed by atoms with Crippen molar-refractivity contribution in [3.63, 3.8) is 0 Å². The summed E-state index contributed by atoms with van der Waals surface area (Å²) in [5.74, 6) is 1.76. The Labute approximate surface area is 211 Å². The Bertz CT molecular complexity index is 1080. The molecule has 35 heavy (non-hydrogen) atoms. The third-order valence-electron chi connectivity index (χ3n) is 5.41. The number of carbonyl (C=O) groups excluding carboxylic acids is 1. The smallest absolute Gasteiger partial charge is 0.271 e. The molecular weight excluding hydrogens is 470 g/mol. The average molecular weight is 502 g/mol. The van der Waals surface area contributed by atoms with Crippen molar-refractivity contribution in [2.75, 3.05) is 38.8 Å². The van der Waals surface area contributed by atoms with Crippen molar-refractivity contribution in [3.8, 4) is 17.2 Å². The minimum atomic E-state index is -0.235. The van der Waals surface area contributed by atoms with Crippen LogP contribution in [0.3, 0.4) is 0 Å². The maximum atomic E-state index is 12.3. The SMILES string of the molecule is CC=N/C(=C\NC)C(=O)NCC[C@@H](CC)Oc1ccc2c(c1)N(c1cnc(Cl)c(OC)c1)CCO2. The van der Waals surface area contributed by atoms with Crippen LogP contribution in [0, 0.1) is 0 Å². The fraction of sp³-hybridized carbons (Fsp3) is 0.400. The minimum Gasteiger partial charge on any atom is -0.493 e. The standard InChI is InChI=1S/C25H32ClN5O4/c1-5-18(9-10-29-25(32)20(16-27-3)28-6-2)35-19-7-8-22-21(14-19)31(11-12-34-22)17-13-23(33-4)24(26)30-15-17/h6-8,13-16,18,27H,5,9-12H2,1-4H3,(H,29,32)/b20-16-,28-6?/t18-/m1/s1. The van der Waals surface area contributed by atoms with E-state index < -0.39 is 0 Å². The van der Waals surface area contributed by atoms with E-state index >= 15 is 0 Å². The van der Waals surface area contributed by atoms with Gasteiger partial charge in [-0.05, 0) is 25.5 Å². The van der Waals surface area contributed by atoms with Crippen LogP contribution >= 0.6 is 11.6 Å². The Kier molecular flexibility index (Phi) is 9.60. The molecule has 0 bridgehead atoms. The number of aromatic nitrogens is 1. The van der Waals surface area contributed by atoms with E-state index in [9.17, 15) is 4.79 Å². The van der Waals surface area contributed by atoms with Crippen molar-refractivity contribution < 1.29 is 19.0 Å². The van der Waals surface area contributed by atoms with Crippen LogP contribution in [0.4, 0.5) is 11.4 Å². The van der Waals surface area contributed by atoms with Crippen molar-refractivity contribution in [1.29, 1.82) is 0 Å². The molecule has 0 unspecified atom stereocenters. The maximum Gasteiger partial charge on any atom is 0.271 e. The van der Waals surface area contributed by atoms with E-state index in [4.69, 9.17) is 25.8 Å². The fourth-order valence-electron chi connectivity index (χ4n) is 3.66. The summed E-state index contributed by atoms with van der Waals surface area (Å²) in [6.07, 6.45) is 6.23. The summed E-state index contributed by atoms with van der Waals surface area (Å²) in [6, 6.07) is 7.62. The number of hydrogen-bond acceptors (Lipinski definition) is 8. The van der Waals surface area contributed by atoms with Crippen molar-refractivity contribution >= 4 is 35.1 Å². The van der Waals surface area contributed by atoms with Crippen LogP contribution in [0.5, 0.6) is 17.2 Å². The van der Waals surface area contributed by atoms with Crippen LogP contribution < -0.4 is 29.7 Å². The number of aliphatic imine (C=N–C) groups is 1. The monoisotopic (exact) mass is 501 g/mol. The van der Waals surface area contributed by atoms with Crippen LogP contribution in [-0.4, -0.2) is 57.1 Å². The minimum absolute atomic E-state index is 0.0741. The second-order valence-corrected chi connectivity index (χ2v) is 8.07. The molecule has 2 N–H and O–H groups in total. The number of amides is 1. The van der Waals surface area contributed by atoms with E-state index in [-0.39, 0.29) is 12.0 Å². The number of fused-ring (bicyclic) bond motifs is 1. The number of pyridine rings is 1. The van der Waals surface area contributed by atoms with Gasteiger partial charge in [-0.15, -0.1) is 0 Å². The third kappa shape index (κ3) is 6.79. The number of methoxy groups -OCH3 is 1. The summed E-state index contributed by atoms with van der Waals surface area (Å²) in [5.41, 5.74) is 2.05. The van der Waals surface area contributed by atoms with Gasteiger partial charge in [0.1, 0.15) is 29.9 Å². The van der Waals surface area contributed by atoms with Crippen molar-refractivity contribution in [2.45, 2.75) is 32.8 Å². The zero-order chi connectivity index (χ0) is 25.2. The zero-order valence-electron chi connectivity index (χ0n) is 20.5. The van der Waals surface area contributed by atoms with Crippen LogP contribution in [0.1, 0.15) is 26.7 Å². The van der Waals surface area contributed by atoms with E-state index in [0.717, 1.165) is 29.3 Å². The molecule has 0 saturated carbocycles. The zero-order valence-corrected chi connectivity index (χ0v) is 21.3. The van der Waals surface area contributed by atoms with Crippen molar-refractivity contribution in [3.05, 3.63) is 47.5 Å². The molecule has 0 aliphatic carbocycles. The second kappa shape index (κ2) is 12.9. The second-order valence-electron chi connectivity index (χ2n) is 7.71. The molecule has 0 fully saturated rings. The van der Waals surface area contributed by atoms with E-state index in [1.165, 1.54) is 0 Å². The van der Waals surface area contributed by atoms with Gasteiger partial charge >= 0.3 is 0 Å². The highest BCUT2D eigenvalue weighted by molar-refractivity contribution is 6.30. The summed E-state index contributed by atoms with van der Waals surface area (Å²) >= 11 is 6.11. The number of rotatable bonds is 11. The Morgan fingerprint density at radius 2 is 2.23 bits per heavy atom. The van der Waals surface area contributed by atoms with Gasteiger partial charge in [-0.3, -0.25) is 9.79 Å². The average Bonchev–Trinajstić information content (AvgIpc) is 2.87. The summed E-state index contributed by atoms with van der Waals surface area (Å²) in [6.45, 7) is 5.48. The largest absolute Gasteiger partial charge is 0.493 e. The molecule has 3 rings (SSSR count). The van der Waals surface area contributed by atoms with E-state index in [0.29, 0.717) is 42.7 Å². The van der Waals surface area contributed by atoms with Crippen molar-refractivity contribution in [1.82, 2.24) is 15.6 Å². The maximum absolute atomic E-state index is 12.3. The molecular formula is C25H32ClN5O4. The highest BCUT2D eigenvalue weighted by Crippen LogP contribution is 2.40. The van der Waals surface area contributed by atoms with Crippen LogP contribution in [-0.2, 0) is 4.79 Å². The molecule has 2 aromatic rings. The third-order valence-corrected chi connectivity index (χ3v) is 5.69. The Balaban J connectivity index is 1.69. The first-order valence-electron chi connectivity index (χ1n) is 11.6. The van der Waals surface area contributed by atoms with Crippen LogP contribution in [0.2, 0.25) is 5.15 Å². The number of anilines is 2. The van der Waals surface area contributed by atoms with Gasteiger partial charge < -0.3 is 29.7 Å². The van der Waals surface area contributed by atoms with Crippen LogP contribution in [0.25, 0.3) is 0 Å². The number of hydrogen-bond donors (Lipinski definition) is 2. The molecule has 2 heterocycles. The molecule has 0 radical (unpaired) electrons. The Morgan fingerprint density at radius 1 is 1.40 bits per heavy atom. The highest BCUT2D eigenvalue weighted by atomic mass is 35.5. The predicted octanol–water partition coefficient (Wildman–Crippen LogP) is 4.09. The Hall–Kier alpha value is -3.46. The predicted molar refractivity (Wildman–Crippen MR) is 138 cm³/mol. The van der Waals surface area contributed by atoms with Gasteiger partial charge in [0.05, 0.1) is 31.2 Å². The first kappa shape index (κ1) is 26.2. The molecule has 1 aliphatic heterocycles. The van der Waals surface area contributed by atoms with E-state index in [2.05, 4.69) is 32.4 Å². The lowest BCUT2D eigenvalue weighted by atomic mass is 10.1. The molecule has 1 aromatic heterocycles. The van der Waals surface area contributed by atoms with E-state index in [1.54, 1.807) is 39.7 Å². The number of carbonyl (C=O) groups is 1. The summed E-state index contributed by atoms with van der Waals surface area (Å²) in [5, 5.41) is 6.05. The van der Waals surface area contributed by atoms with Gasteiger partial charge in [0.25, 0.3) is 5.91 Å². The molecule has 0 saturated heterocycles. The molecule has 10 heteroatoms. The summed E-state index contributed by atoms with van der Waals surface area (Å²) in [4.78, 5) is 22.8. The molecule has 188 valence electrons. The van der Waals surface area contributed by atoms with Gasteiger partial charge in [0, 0.05) is 44.6 Å². The molecule has 1 aliphatic rings. The number of nitrogens with zero attached hydrogens (tertiary/aromatic N) is 3. The first-order chi connectivity index (χ1) is 17.0. The molecule has 1 atom stereocenters. The highest BCUT2D eigenvalue weighted by Gasteiger charge is 2.22. The van der Waals surface area contributed by atoms with Crippen molar-refractivity contribution in [2.24, 2.45) is 4.99 Å². The van der Waals surface area contributed by atoms with Gasteiger partial charge in [-0.1, -0.05) is 18.5 Å². The summed E-state index contributed by atoms with van der Waals surface area (Å²) < 4.78 is 17.4. The van der Waals surface area contributed by atoms with Gasteiger partial charge in [0.2, 0.25) is 0 Å². The number of benzene rings is 1. The number of nitrogens with one attached hydrogen (secondary N) is 2. The quantitative estimate of drug-likeness (QED) is 0.272. The lowest BCUT2D eigenvalue weighted by molar-refractivity contribution is -0.117. The molecule has 9 nitrogen and oxygen atoms in total. The van der Waals surface area contributed by atoms with Crippen LogP contribution in [0.15, 0.2) is 47.4 Å². The lowest BCUT2D eigenvalue weighted by Crippen LogP contribution is -2.30.